The predicted molar refractivity (Wildman–Crippen MR) is 182 cm³/mol. The molecule has 1 heterocycles. The van der Waals surface area contributed by atoms with Gasteiger partial charge in [0.15, 0.2) is 5.66 Å². The Kier molecular flexibility index (Phi) is 5.90. The molecule has 3 nitrogen and oxygen atoms in total. The minimum atomic E-state index is -0.791. The Morgan fingerprint density at radius 3 is 1.79 bits per heavy atom. The Bertz CT molecular complexity index is 2190. The number of benzene rings is 7. The van der Waals surface area contributed by atoms with Crippen LogP contribution < -0.4 is 5.32 Å². The maximum atomic E-state index is 5.24. The molecular weight excluding hydrogens is 522 g/mol. The van der Waals surface area contributed by atoms with Crippen molar-refractivity contribution in [2.45, 2.75) is 12.6 Å². The third kappa shape index (κ3) is 4.29. The number of amidine groups is 1. The average Bonchev–Trinajstić information content (AvgIpc) is 3.09. The number of fused-ring (bicyclic) bond motifs is 6. The molecule has 204 valence electrons. The van der Waals surface area contributed by atoms with Gasteiger partial charge in [-0.2, -0.15) is 0 Å². The first-order chi connectivity index (χ1) is 21.2. The fraction of sp³-hybridized carbons (Fsp3) is 0.0500. The second-order valence-corrected chi connectivity index (χ2v) is 11.2. The van der Waals surface area contributed by atoms with Crippen molar-refractivity contribution in [3.8, 4) is 22.3 Å². The van der Waals surface area contributed by atoms with Crippen LogP contribution in [0.3, 0.4) is 0 Å². The van der Waals surface area contributed by atoms with Crippen molar-refractivity contribution in [3.05, 3.63) is 157 Å². The SMILES string of the molecule is CC1(c2ccccc2-c2ccc3c4ccccc4c4ccccc4c3c2)N=CNC(c2cccc(-c3ccccc3)c2)=N1. The van der Waals surface area contributed by atoms with Gasteiger partial charge in [0, 0.05) is 11.1 Å². The summed E-state index contributed by atoms with van der Waals surface area (Å²) >= 11 is 0. The van der Waals surface area contributed by atoms with Crippen molar-refractivity contribution >= 4 is 44.5 Å². The molecular formula is C40H29N3. The molecule has 0 aliphatic carbocycles. The van der Waals surface area contributed by atoms with E-state index in [1.54, 1.807) is 6.34 Å². The van der Waals surface area contributed by atoms with E-state index in [0.717, 1.165) is 33.7 Å². The summed E-state index contributed by atoms with van der Waals surface area (Å²) in [6.07, 6.45) is 1.79. The van der Waals surface area contributed by atoms with Crippen molar-refractivity contribution < 1.29 is 0 Å². The van der Waals surface area contributed by atoms with Crippen LogP contribution in [0.2, 0.25) is 0 Å². The summed E-state index contributed by atoms with van der Waals surface area (Å²) in [5.41, 5.74) is 5.92. The van der Waals surface area contributed by atoms with E-state index in [2.05, 4.69) is 152 Å². The molecule has 1 atom stereocenters. The van der Waals surface area contributed by atoms with Crippen LogP contribution >= 0.6 is 0 Å². The zero-order chi connectivity index (χ0) is 28.8. The van der Waals surface area contributed by atoms with Gasteiger partial charge >= 0.3 is 0 Å². The summed E-state index contributed by atoms with van der Waals surface area (Å²) in [5.74, 6) is 0.807. The lowest BCUT2D eigenvalue weighted by molar-refractivity contribution is 0.523. The molecule has 43 heavy (non-hydrogen) atoms. The van der Waals surface area contributed by atoms with E-state index in [1.165, 1.54) is 37.9 Å². The fourth-order valence-corrected chi connectivity index (χ4v) is 6.48. The largest absolute Gasteiger partial charge is 0.331 e. The highest BCUT2D eigenvalue weighted by atomic mass is 15.2. The summed E-state index contributed by atoms with van der Waals surface area (Å²) in [7, 11) is 0. The lowest BCUT2D eigenvalue weighted by atomic mass is 9.88. The van der Waals surface area contributed by atoms with E-state index in [-0.39, 0.29) is 0 Å². The van der Waals surface area contributed by atoms with Crippen LogP contribution in [-0.2, 0) is 5.66 Å². The second-order valence-electron chi connectivity index (χ2n) is 11.2. The van der Waals surface area contributed by atoms with Crippen LogP contribution in [0.15, 0.2) is 156 Å². The van der Waals surface area contributed by atoms with Crippen LogP contribution in [-0.4, -0.2) is 12.2 Å². The number of nitrogens with one attached hydrogen (secondary N) is 1. The molecule has 0 fully saturated rings. The maximum absolute atomic E-state index is 5.24. The van der Waals surface area contributed by atoms with Gasteiger partial charge < -0.3 is 5.32 Å². The summed E-state index contributed by atoms with van der Waals surface area (Å²) < 4.78 is 0. The third-order valence-corrected chi connectivity index (χ3v) is 8.58. The maximum Gasteiger partial charge on any atom is 0.177 e. The molecule has 1 N–H and O–H groups in total. The van der Waals surface area contributed by atoms with Gasteiger partial charge in [-0.25, -0.2) is 9.98 Å². The molecule has 0 amide bonds. The summed E-state index contributed by atoms with van der Waals surface area (Å²) in [4.78, 5) is 10.1. The van der Waals surface area contributed by atoms with Gasteiger partial charge in [0.1, 0.15) is 5.84 Å². The second kappa shape index (κ2) is 10.1. The number of rotatable bonds is 4. The van der Waals surface area contributed by atoms with E-state index in [1.807, 2.05) is 6.07 Å². The predicted octanol–water partition coefficient (Wildman–Crippen LogP) is 9.73. The van der Waals surface area contributed by atoms with Crippen molar-refractivity contribution in [3.63, 3.8) is 0 Å². The minimum absolute atomic E-state index is 0.791. The van der Waals surface area contributed by atoms with E-state index in [0.29, 0.717) is 0 Å². The quantitative estimate of drug-likeness (QED) is 0.217. The molecule has 7 aromatic carbocycles. The highest BCUT2D eigenvalue weighted by Crippen LogP contribution is 2.40. The molecule has 0 radical (unpaired) electrons. The Balaban J connectivity index is 1.26. The van der Waals surface area contributed by atoms with E-state index in [4.69, 9.17) is 9.98 Å². The Labute approximate surface area is 250 Å². The molecule has 7 aromatic rings. The number of hydrogen-bond acceptors (Lipinski definition) is 3. The summed E-state index contributed by atoms with van der Waals surface area (Å²) in [5, 5.41) is 10.9. The van der Waals surface area contributed by atoms with E-state index >= 15 is 0 Å². The first-order valence-corrected chi connectivity index (χ1v) is 14.7. The van der Waals surface area contributed by atoms with Crippen LogP contribution in [0.4, 0.5) is 0 Å². The van der Waals surface area contributed by atoms with Gasteiger partial charge in [-0.1, -0.05) is 133 Å². The highest BCUT2D eigenvalue weighted by molar-refractivity contribution is 6.25. The average molecular weight is 552 g/mol. The molecule has 0 saturated heterocycles. The smallest absolute Gasteiger partial charge is 0.177 e. The molecule has 0 aromatic heterocycles. The molecule has 0 bridgehead atoms. The standard InChI is InChI=1S/C40H29N3/c1-40(42-26-41-39(43-40)30-15-11-14-28(24-30)27-12-3-2-4-13-27)38-21-10-9-16-31(38)29-22-23-36-34-19-6-5-17-32(34)33-18-7-8-20-35(33)37(36)25-29/h2-26H,1H3,(H,41,42,43). The normalized spacial score (nSPS) is 16.3. The van der Waals surface area contributed by atoms with Gasteiger partial charge in [-0.15, -0.1) is 0 Å². The van der Waals surface area contributed by atoms with Crippen LogP contribution in [0.5, 0.6) is 0 Å². The number of aliphatic imine (C=N–C) groups is 2. The molecule has 1 unspecified atom stereocenters. The van der Waals surface area contributed by atoms with Gasteiger partial charge in [-0.05, 0) is 73.6 Å². The molecule has 1 aliphatic rings. The van der Waals surface area contributed by atoms with Crippen LogP contribution in [0.1, 0.15) is 18.1 Å². The van der Waals surface area contributed by atoms with Gasteiger partial charge in [0.2, 0.25) is 0 Å². The lowest BCUT2D eigenvalue weighted by Crippen LogP contribution is -2.34. The van der Waals surface area contributed by atoms with Gasteiger partial charge in [0.25, 0.3) is 0 Å². The monoisotopic (exact) mass is 551 g/mol. The Morgan fingerprint density at radius 2 is 1.05 bits per heavy atom. The van der Waals surface area contributed by atoms with Crippen LogP contribution in [0.25, 0.3) is 54.6 Å². The third-order valence-electron chi connectivity index (χ3n) is 8.58. The molecule has 0 saturated carbocycles. The lowest BCUT2D eigenvalue weighted by Gasteiger charge is -2.28. The topological polar surface area (TPSA) is 36.8 Å². The molecule has 8 rings (SSSR count). The zero-order valence-corrected chi connectivity index (χ0v) is 23.8. The highest BCUT2D eigenvalue weighted by Gasteiger charge is 2.30. The molecule has 1 aliphatic heterocycles. The van der Waals surface area contributed by atoms with Gasteiger partial charge in [-0.3, -0.25) is 0 Å². The molecule has 3 heteroatoms. The van der Waals surface area contributed by atoms with Crippen LogP contribution in [0, 0.1) is 0 Å². The summed E-state index contributed by atoms with van der Waals surface area (Å²) in [6.45, 7) is 2.09. The van der Waals surface area contributed by atoms with Crippen molar-refractivity contribution in [1.82, 2.24) is 5.32 Å². The van der Waals surface area contributed by atoms with E-state index < -0.39 is 5.66 Å². The fourth-order valence-electron chi connectivity index (χ4n) is 6.48. The number of nitrogens with zero attached hydrogens (tertiary/aromatic N) is 2. The zero-order valence-electron chi connectivity index (χ0n) is 23.8. The van der Waals surface area contributed by atoms with Crippen molar-refractivity contribution in [2.24, 2.45) is 9.98 Å². The molecule has 0 spiro atoms. The van der Waals surface area contributed by atoms with Crippen molar-refractivity contribution in [2.75, 3.05) is 0 Å². The minimum Gasteiger partial charge on any atom is -0.331 e. The summed E-state index contributed by atoms with van der Waals surface area (Å²) in [6, 6.07) is 51.7. The Morgan fingerprint density at radius 1 is 0.465 bits per heavy atom. The Hall–Kier alpha value is -5.54. The van der Waals surface area contributed by atoms with Crippen molar-refractivity contribution in [1.29, 1.82) is 0 Å². The first kappa shape index (κ1) is 25.2. The van der Waals surface area contributed by atoms with Gasteiger partial charge in [0.05, 0.1) is 6.34 Å². The van der Waals surface area contributed by atoms with E-state index in [9.17, 15) is 0 Å². The first-order valence-electron chi connectivity index (χ1n) is 14.7. The number of hydrogen-bond donors (Lipinski definition) is 1.